The number of carbonyl (C=O) groups excluding carboxylic acids is 1. The maximum atomic E-state index is 11.3. The maximum absolute atomic E-state index is 11.3. The quantitative estimate of drug-likeness (QED) is 0.793. The van der Waals surface area contributed by atoms with E-state index in [1.54, 1.807) is 0 Å². The summed E-state index contributed by atoms with van der Waals surface area (Å²) in [5, 5.41) is 6.09. The molecule has 1 rings (SSSR count). The van der Waals surface area contributed by atoms with Gasteiger partial charge in [-0.3, -0.25) is 4.79 Å². The number of rotatable bonds is 6. The maximum Gasteiger partial charge on any atom is 0.250 e. The first-order valence-electron chi connectivity index (χ1n) is 5.79. The predicted octanol–water partition coefficient (Wildman–Crippen LogP) is 1.94. The molecule has 0 spiro atoms. The van der Waals surface area contributed by atoms with Gasteiger partial charge in [0.05, 0.1) is 0 Å². The van der Waals surface area contributed by atoms with Crippen LogP contribution in [-0.2, 0) is 9.53 Å². The lowest BCUT2D eigenvalue weighted by Crippen LogP contribution is -2.18. The van der Waals surface area contributed by atoms with Gasteiger partial charge in [0.2, 0.25) is 5.91 Å². The molecule has 0 radical (unpaired) electrons. The largest absolute Gasteiger partial charge is 0.375 e. The first kappa shape index (κ1) is 13.7. The van der Waals surface area contributed by atoms with Crippen molar-refractivity contribution in [3.63, 3.8) is 0 Å². The van der Waals surface area contributed by atoms with Gasteiger partial charge < -0.3 is 15.4 Å². The highest BCUT2D eigenvalue weighted by molar-refractivity contribution is 5.91. The standard InChI is InChI=1S/C13H20N2O2/c1-4-14-10(2)11-5-7-12(8-6-11)15-13(16)9-17-3/h5-8,10,14H,4,9H2,1-3H3,(H,15,16). The van der Waals surface area contributed by atoms with Crippen LogP contribution in [0.1, 0.15) is 25.5 Å². The number of methoxy groups -OCH3 is 1. The molecule has 1 aromatic rings. The monoisotopic (exact) mass is 236 g/mol. The molecule has 0 aliphatic heterocycles. The molecule has 0 aliphatic carbocycles. The zero-order chi connectivity index (χ0) is 12.7. The summed E-state index contributed by atoms with van der Waals surface area (Å²) >= 11 is 0. The minimum atomic E-state index is -0.139. The van der Waals surface area contributed by atoms with E-state index in [4.69, 9.17) is 4.74 Å². The van der Waals surface area contributed by atoms with E-state index in [1.807, 2.05) is 24.3 Å². The summed E-state index contributed by atoms with van der Waals surface area (Å²) in [5.74, 6) is -0.139. The van der Waals surface area contributed by atoms with Crippen LogP contribution in [0.15, 0.2) is 24.3 Å². The van der Waals surface area contributed by atoms with Gasteiger partial charge in [0.25, 0.3) is 0 Å². The molecule has 0 aliphatic rings. The fourth-order valence-corrected chi connectivity index (χ4v) is 1.61. The molecule has 0 fully saturated rings. The van der Waals surface area contributed by atoms with Gasteiger partial charge in [-0.15, -0.1) is 0 Å². The van der Waals surface area contributed by atoms with Crippen LogP contribution in [0.4, 0.5) is 5.69 Å². The van der Waals surface area contributed by atoms with Crippen molar-refractivity contribution in [3.8, 4) is 0 Å². The number of benzene rings is 1. The first-order valence-corrected chi connectivity index (χ1v) is 5.79. The SMILES string of the molecule is CCNC(C)c1ccc(NC(=O)COC)cc1. The van der Waals surface area contributed by atoms with Gasteiger partial charge in [-0.1, -0.05) is 19.1 Å². The van der Waals surface area contributed by atoms with E-state index >= 15 is 0 Å². The molecule has 0 heterocycles. The zero-order valence-corrected chi connectivity index (χ0v) is 10.6. The van der Waals surface area contributed by atoms with E-state index in [9.17, 15) is 4.79 Å². The minimum Gasteiger partial charge on any atom is -0.375 e. The highest BCUT2D eigenvalue weighted by atomic mass is 16.5. The van der Waals surface area contributed by atoms with Crippen molar-refractivity contribution >= 4 is 11.6 Å². The third-order valence-corrected chi connectivity index (χ3v) is 2.48. The van der Waals surface area contributed by atoms with Crippen molar-refractivity contribution < 1.29 is 9.53 Å². The fourth-order valence-electron chi connectivity index (χ4n) is 1.61. The second-order valence-corrected chi connectivity index (χ2v) is 3.88. The molecule has 0 saturated heterocycles. The second kappa shape index (κ2) is 7.04. The summed E-state index contributed by atoms with van der Waals surface area (Å²) < 4.78 is 4.75. The van der Waals surface area contributed by atoms with Crippen LogP contribution >= 0.6 is 0 Å². The van der Waals surface area contributed by atoms with Gasteiger partial charge in [0, 0.05) is 18.8 Å². The van der Waals surface area contributed by atoms with Crippen LogP contribution < -0.4 is 10.6 Å². The van der Waals surface area contributed by atoms with E-state index in [1.165, 1.54) is 12.7 Å². The zero-order valence-electron chi connectivity index (χ0n) is 10.6. The number of nitrogens with one attached hydrogen (secondary N) is 2. The number of hydrogen-bond donors (Lipinski definition) is 2. The number of ether oxygens (including phenoxy) is 1. The second-order valence-electron chi connectivity index (χ2n) is 3.88. The van der Waals surface area contributed by atoms with Gasteiger partial charge in [0.15, 0.2) is 0 Å². The van der Waals surface area contributed by atoms with Gasteiger partial charge in [-0.2, -0.15) is 0 Å². The molecule has 1 unspecified atom stereocenters. The summed E-state index contributed by atoms with van der Waals surface area (Å²) in [6.07, 6.45) is 0. The normalized spacial score (nSPS) is 12.2. The number of amides is 1. The third kappa shape index (κ3) is 4.54. The topological polar surface area (TPSA) is 50.4 Å². The molecule has 94 valence electrons. The molecule has 4 nitrogen and oxygen atoms in total. The summed E-state index contributed by atoms with van der Waals surface area (Å²) in [7, 11) is 1.50. The highest BCUT2D eigenvalue weighted by Gasteiger charge is 2.04. The Bertz CT molecular complexity index is 349. The Morgan fingerprint density at radius 2 is 2.00 bits per heavy atom. The van der Waals surface area contributed by atoms with Gasteiger partial charge in [-0.25, -0.2) is 0 Å². The van der Waals surface area contributed by atoms with Crippen molar-refractivity contribution in [3.05, 3.63) is 29.8 Å². The van der Waals surface area contributed by atoms with Crippen LogP contribution in [0.25, 0.3) is 0 Å². The lowest BCUT2D eigenvalue weighted by Gasteiger charge is -2.13. The summed E-state index contributed by atoms with van der Waals surface area (Å²) in [5.41, 5.74) is 2.00. The summed E-state index contributed by atoms with van der Waals surface area (Å²) in [4.78, 5) is 11.3. The Hall–Kier alpha value is -1.39. The van der Waals surface area contributed by atoms with Crippen LogP contribution in [-0.4, -0.2) is 26.2 Å². The van der Waals surface area contributed by atoms with E-state index in [0.29, 0.717) is 6.04 Å². The van der Waals surface area contributed by atoms with E-state index in [-0.39, 0.29) is 12.5 Å². The van der Waals surface area contributed by atoms with Gasteiger partial charge in [-0.05, 0) is 31.2 Å². The van der Waals surface area contributed by atoms with Crippen molar-refractivity contribution in [1.82, 2.24) is 5.32 Å². The predicted molar refractivity (Wildman–Crippen MR) is 69.0 cm³/mol. The van der Waals surface area contributed by atoms with Gasteiger partial charge >= 0.3 is 0 Å². The molecule has 0 bridgehead atoms. The Kier molecular flexibility index (Phi) is 5.66. The van der Waals surface area contributed by atoms with Crippen molar-refractivity contribution in [2.45, 2.75) is 19.9 Å². The van der Waals surface area contributed by atoms with Crippen molar-refractivity contribution in [2.75, 3.05) is 25.6 Å². The smallest absolute Gasteiger partial charge is 0.250 e. The van der Waals surface area contributed by atoms with Crippen LogP contribution in [0, 0.1) is 0 Å². The van der Waals surface area contributed by atoms with Gasteiger partial charge in [0.1, 0.15) is 6.61 Å². The van der Waals surface area contributed by atoms with Crippen LogP contribution in [0.2, 0.25) is 0 Å². The molecule has 1 atom stereocenters. The van der Waals surface area contributed by atoms with Crippen LogP contribution in [0.3, 0.4) is 0 Å². The average Bonchev–Trinajstić information content (AvgIpc) is 2.30. The summed E-state index contributed by atoms with van der Waals surface area (Å²) in [6.45, 7) is 5.21. The van der Waals surface area contributed by atoms with E-state index < -0.39 is 0 Å². The molecular formula is C13H20N2O2. The molecule has 1 amide bonds. The highest BCUT2D eigenvalue weighted by Crippen LogP contribution is 2.15. The average molecular weight is 236 g/mol. The summed E-state index contributed by atoms with van der Waals surface area (Å²) in [6, 6.07) is 8.14. The van der Waals surface area contributed by atoms with Crippen molar-refractivity contribution in [1.29, 1.82) is 0 Å². The molecule has 0 aromatic heterocycles. The Balaban J connectivity index is 2.58. The molecular weight excluding hydrogens is 216 g/mol. The lowest BCUT2D eigenvalue weighted by molar-refractivity contribution is -0.119. The Morgan fingerprint density at radius 3 is 2.53 bits per heavy atom. The first-order chi connectivity index (χ1) is 8.17. The number of anilines is 1. The molecule has 2 N–H and O–H groups in total. The number of carbonyl (C=O) groups is 1. The fraction of sp³-hybridized carbons (Fsp3) is 0.462. The van der Waals surface area contributed by atoms with Crippen LogP contribution in [0.5, 0.6) is 0 Å². The molecule has 1 aromatic carbocycles. The number of hydrogen-bond acceptors (Lipinski definition) is 3. The molecule has 17 heavy (non-hydrogen) atoms. The van der Waals surface area contributed by atoms with E-state index in [2.05, 4.69) is 24.5 Å². The Morgan fingerprint density at radius 1 is 1.35 bits per heavy atom. The third-order valence-electron chi connectivity index (χ3n) is 2.48. The molecule has 0 saturated carbocycles. The minimum absolute atomic E-state index is 0.0789. The Labute approximate surface area is 102 Å². The van der Waals surface area contributed by atoms with Crippen molar-refractivity contribution in [2.24, 2.45) is 0 Å². The lowest BCUT2D eigenvalue weighted by atomic mass is 10.1. The van der Waals surface area contributed by atoms with E-state index in [0.717, 1.165) is 12.2 Å². The molecule has 4 heteroatoms.